The highest BCUT2D eigenvalue weighted by Crippen LogP contribution is 2.33. The average molecular weight is 457 g/mol. The van der Waals surface area contributed by atoms with Gasteiger partial charge in [0.05, 0.1) is 20.9 Å². The molecule has 0 bridgehead atoms. The van der Waals surface area contributed by atoms with Crippen molar-refractivity contribution < 1.29 is 9.47 Å². The van der Waals surface area contributed by atoms with Crippen molar-refractivity contribution in [1.82, 2.24) is 19.2 Å². The quantitative estimate of drug-likeness (QED) is 0.371. The van der Waals surface area contributed by atoms with Crippen molar-refractivity contribution >= 4 is 23.8 Å². The molecular formula is C23H25ClN4O2S. The number of fused-ring (bicyclic) bond motifs is 1. The maximum Gasteiger partial charge on any atom is 0.199 e. The number of hydrogen-bond donors (Lipinski definition) is 0. The second-order valence-electron chi connectivity index (χ2n) is 7.43. The number of hydrogen-bond acceptors (Lipinski definition) is 5. The van der Waals surface area contributed by atoms with Crippen LogP contribution in [0.5, 0.6) is 11.5 Å². The van der Waals surface area contributed by atoms with Crippen LogP contribution in [0.15, 0.2) is 49.1 Å². The van der Waals surface area contributed by atoms with E-state index in [4.69, 9.17) is 38.4 Å². The Labute approximate surface area is 192 Å². The number of ether oxygens (including phenoxy) is 2. The van der Waals surface area contributed by atoms with Crippen LogP contribution in [-0.2, 0) is 26.2 Å². The van der Waals surface area contributed by atoms with Gasteiger partial charge in [0, 0.05) is 30.2 Å². The van der Waals surface area contributed by atoms with Gasteiger partial charge in [0.1, 0.15) is 0 Å². The monoisotopic (exact) mass is 456 g/mol. The van der Waals surface area contributed by atoms with Gasteiger partial charge in [-0.15, -0.1) is 6.58 Å². The summed E-state index contributed by atoms with van der Waals surface area (Å²) in [6.45, 7) is 6.78. The van der Waals surface area contributed by atoms with E-state index in [2.05, 4.69) is 23.6 Å². The van der Waals surface area contributed by atoms with Crippen LogP contribution in [0.1, 0.15) is 11.1 Å². The summed E-state index contributed by atoms with van der Waals surface area (Å²) < 4.78 is 15.5. The predicted octanol–water partition coefficient (Wildman–Crippen LogP) is 4.95. The van der Waals surface area contributed by atoms with Crippen molar-refractivity contribution in [2.75, 3.05) is 20.8 Å². The zero-order valence-electron chi connectivity index (χ0n) is 17.7. The lowest BCUT2D eigenvalue weighted by atomic mass is 9.99. The molecule has 1 aliphatic rings. The fourth-order valence-electron chi connectivity index (χ4n) is 3.89. The van der Waals surface area contributed by atoms with E-state index in [-0.39, 0.29) is 0 Å². The molecule has 4 rings (SSSR count). The van der Waals surface area contributed by atoms with Gasteiger partial charge in [-0.3, -0.25) is 9.47 Å². The molecule has 0 fully saturated rings. The Bertz CT molecular complexity index is 1150. The first-order valence-corrected chi connectivity index (χ1v) is 10.8. The van der Waals surface area contributed by atoms with Crippen LogP contribution in [0.2, 0.25) is 5.02 Å². The molecule has 0 saturated carbocycles. The summed E-state index contributed by atoms with van der Waals surface area (Å²) in [5.74, 6) is 2.33. The predicted molar refractivity (Wildman–Crippen MR) is 125 cm³/mol. The lowest BCUT2D eigenvalue weighted by molar-refractivity contribution is 0.187. The van der Waals surface area contributed by atoms with Gasteiger partial charge in [-0.05, 0) is 66.2 Å². The van der Waals surface area contributed by atoms with Crippen LogP contribution in [0.3, 0.4) is 0 Å². The third kappa shape index (κ3) is 4.39. The molecule has 0 aliphatic carbocycles. The molecule has 6 nitrogen and oxygen atoms in total. The summed E-state index contributed by atoms with van der Waals surface area (Å²) in [6.07, 6.45) is 2.76. The molecular weight excluding hydrogens is 432 g/mol. The number of benzene rings is 2. The molecule has 0 unspecified atom stereocenters. The Morgan fingerprint density at radius 1 is 1.13 bits per heavy atom. The minimum atomic E-state index is 0.594. The van der Waals surface area contributed by atoms with Gasteiger partial charge in [0.15, 0.2) is 22.1 Å². The zero-order valence-corrected chi connectivity index (χ0v) is 19.2. The van der Waals surface area contributed by atoms with E-state index in [0.29, 0.717) is 23.0 Å². The molecule has 0 spiro atoms. The Morgan fingerprint density at radius 3 is 2.45 bits per heavy atom. The summed E-state index contributed by atoms with van der Waals surface area (Å²) >= 11 is 11.8. The highest BCUT2D eigenvalue weighted by atomic mass is 35.5. The van der Waals surface area contributed by atoms with Gasteiger partial charge >= 0.3 is 0 Å². The largest absolute Gasteiger partial charge is 0.493 e. The smallest absolute Gasteiger partial charge is 0.199 e. The van der Waals surface area contributed by atoms with Gasteiger partial charge in [-0.25, -0.2) is 4.68 Å². The molecule has 162 valence electrons. The van der Waals surface area contributed by atoms with Crippen molar-refractivity contribution in [2.24, 2.45) is 0 Å². The Hall–Kier alpha value is -2.61. The summed E-state index contributed by atoms with van der Waals surface area (Å²) in [5.41, 5.74) is 3.49. The number of halogens is 1. The highest BCUT2D eigenvalue weighted by Gasteiger charge is 2.21. The number of methoxy groups -OCH3 is 2. The minimum Gasteiger partial charge on any atom is -0.493 e. The summed E-state index contributed by atoms with van der Waals surface area (Å²) in [7, 11) is 3.33. The SMILES string of the molecule is C=CCn1c(-c2ccc(Cl)cc2)nn(CN2CCc3cc(OC)c(OC)cc3C2)c1=S. The van der Waals surface area contributed by atoms with E-state index in [1.165, 1.54) is 11.1 Å². The van der Waals surface area contributed by atoms with Gasteiger partial charge in [-0.2, -0.15) is 5.10 Å². The first kappa shape index (κ1) is 21.6. The molecule has 2 heterocycles. The second kappa shape index (κ2) is 9.26. The lowest BCUT2D eigenvalue weighted by Crippen LogP contribution is -2.33. The van der Waals surface area contributed by atoms with Crippen LogP contribution in [0.25, 0.3) is 11.4 Å². The lowest BCUT2D eigenvalue weighted by Gasteiger charge is -2.29. The van der Waals surface area contributed by atoms with E-state index in [9.17, 15) is 0 Å². The maximum absolute atomic E-state index is 6.05. The molecule has 1 aromatic heterocycles. The van der Waals surface area contributed by atoms with E-state index in [1.807, 2.05) is 39.6 Å². The number of rotatable bonds is 7. The molecule has 0 atom stereocenters. The highest BCUT2D eigenvalue weighted by molar-refractivity contribution is 7.71. The van der Waals surface area contributed by atoms with E-state index >= 15 is 0 Å². The third-order valence-corrected chi connectivity index (χ3v) is 6.15. The fraction of sp³-hybridized carbons (Fsp3) is 0.304. The first-order chi connectivity index (χ1) is 15.0. The normalized spacial score (nSPS) is 13.6. The molecule has 0 radical (unpaired) electrons. The second-order valence-corrected chi connectivity index (χ2v) is 8.23. The van der Waals surface area contributed by atoms with E-state index in [0.717, 1.165) is 42.4 Å². The summed E-state index contributed by atoms with van der Waals surface area (Å²) in [5, 5.41) is 5.53. The Balaban J connectivity index is 1.61. The zero-order chi connectivity index (χ0) is 22.0. The van der Waals surface area contributed by atoms with Crippen molar-refractivity contribution in [3.05, 3.63) is 70.0 Å². The fourth-order valence-corrected chi connectivity index (χ4v) is 4.28. The van der Waals surface area contributed by atoms with Crippen LogP contribution >= 0.6 is 23.8 Å². The van der Waals surface area contributed by atoms with Crippen LogP contribution in [0, 0.1) is 4.77 Å². The van der Waals surface area contributed by atoms with Crippen molar-refractivity contribution in [3.8, 4) is 22.9 Å². The van der Waals surface area contributed by atoms with Crippen molar-refractivity contribution in [3.63, 3.8) is 0 Å². The molecule has 31 heavy (non-hydrogen) atoms. The molecule has 0 saturated heterocycles. The maximum atomic E-state index is 6.05. The molecule has 2 aromatic carbocycles. The van der Waals surface area contributed by atoms with Crippen molar-refractivity contribution in [1.29, 1.82) is 0 Å². The van der Waals surface area contributed by atoms with Crippen LogP contribution in [-0.4, -0.2) is 40.0 Å². The molecule has 0 N–H and O–H groups in total. The molecule has 1 aliphatic heterocycles. The van der Waals surface area contributed by atoms with Gasteiger partial charge in [-0.1, -0.05) is 17.7 Å². The summed E-state index contributed by atoms with van der Waals surface area (Å²) in [6, 6.07) is 11.8. The van der Waals surface area contributed by atoms with Gasteiger partial charge in [0.2, 0.25) is 0 Å². The summed E-state index contributed by atoms with van der Waals surface area (Å²) in [4.78, 5) is 2.33. The molecule has 3 aromatic rings. The van der Waals surface area contributed by atoms with Crippen LogP contribution in [0.4, 0.5) is 0 Å². The number of aromatic nitrogens is 3. The number of allylic oxidation sites excluding steroid dienone is 1. The average Bonchev–Trinajstić information content (AvgIpc) is 3.08. The topological polar surface area (TPSA) is 44.5 Å². The Kier molecular flexibility index (Phi) is 6.46. The number of nitrogens with zero attached hydrogens (tertiary/aromatic N) is 4. The minimum absolute atomic E-state index is 0.594. The van der Waals surface area contributed by atoms with E-state index in [1.54, 1.807) is 14.2 Å². The van der Waals surface area contributed by atoms with Gasteiger partial charge < -0.3 is 9.47 Å². The molecule has 0 amide bonds. The van der Waals surface area contributed by atoms with Crippen LogP contribution < -0.4 is 9.47 Å². The van der Waals surface area contributed by atoms with Gasteiger partial charge in [0.25, 0.3) is 0 Å². The Morgan fingerprint density at radius 2 is 1.81 bits per heavy atom. The standard InChI is InChI=1S/C23H25ClN4O2S/c1-4-10-27-22(16-5-7-19(24)8-6-16)25-28(23(27)31)15-26-11-9-17-12-20(29-2)21(30-3)13-18(17)14-26/h4-8,12-13H,1,9-11,14-15H2,2-3H3. The van der Waals surface area contributed by atoms with Crippen molar-refractivity contribution in [2.45, 2.75) is 26.2 Å². The third-order valence-electron chi connectivity index (χ3n) is 5.47. The van der Waals surface area contributed by atoms with E-state index < -0.39 is 0 Å². The first-order valence-electron chi connectivity index (χ1n) is 10.0. The molecule has 8 heteroatoms.